The smallest absolute Gasteiger partial charge is 0.255 e. The lowest BCUT2D eigenvalue weighted by Gasteiger charge is -2.31. The van der Waals surface area contributed by atoms with Gasteiger partial charge in [-0.1, -0.05) is 6.92 Å². The van der Waals surface area contributed by atoms with E-state index in [4.69, 9.17) is 0 Å². The van der Waals surface area contributed by atoms with Gasteiger partial charge in [0.2, 0.25) is 5.91 Å². The van der Waals surface area contributed by atoms with Crippen LogP contribution in [0.25, 0.3) is 0 Å². The van der Waals surface area contributed by atoms with Crippen LogP contribution in [0.2, 0.25) is 0 Å². The Bertz CT molecular complexity index is 557. The largest absolute Gasteiger partial charge is 0.356 e. The molecule has 0 radical (unpaired) electrons. The number of benzene rings is 1. The van der Waals surface area contributed by atoms with Crippen molar-refractivity contribution in [1.82, 2.24) is 10.2 Å². The first-order chi connectivity index (χ1) is 10.5. The summed E-state index contributed by atoms with van der Waals surface area (Å²) in [6.07, 6.45) is 2.21. The van der Waals surface area contributed by atoms with Crippen molar-refractivity contribution in [1.29, 1.82) is 0 Å². The molecule has 1 aliphatic heterocycles. The predicted octanol–water partition coefficient (Wildman–Crippen LogP) is 2.97. The second kappa shape index (κ2) is 7.72. The quantitative estimate of drug-likeness (QED) is 0.885. The Hall–Kier alpha value is -1.43. The molecule has 0 atom stereocenters. The molecular weight excluding hydrogens is 351 g/mol. The SMILES string of the molecule is CCCNC(=O)C1CCN(C(=O)c2cc(F)ccc2Br)CC1. The van der Waals surface area contributed by atoms with E-state index in [-0.39, 0.29) is 17.7 Å². The van der Waals surface area contributed by atoms with Gasteiger partial charge in [-0.25, -0.2) is 4.39 Å². The molecule has 22 heavy (non-hydrogen) atoms. The average molecular weight is 371 g/mol. The molecule has 0 spiro atoms. The molecule has 0 aromatic heterocycles. The summed E-state index contributed by atoms with van der Waals surface area (Å²) < 4.78 is 13.9. The minimum Gasteiger partial charge on any atom is -0.356 e. The van der Waals surface area contributed by atoms with Crippen molar-refractivity contribution in [2.45, 2.75) is 26.2 Å². The fourth-order valence-electron chi connectivity index (χ4n) is 2.57. The van der Waals surface area contributed by atoms with E-state index in [1.165, 1.54) is 18.2 Å². The van der Waals surface area contributed by atoms with Crippen molar-refractivity contribution in [3.05, 3.63) is 34.1 Å². The summed E-state index contributed by atoms with van der Waals surface area (Å²) in [7, 11) is 0. The van der Waals surface area contributed by atoms with Crippen LogP contribution >= 0.6 is 15.9 Å². The van der Waals surface area contributed by atoms with E-state index in [2.05, 4.69) is 21.2 Å². The molecule has 1 heterocycles. The molecule has 0 saturated carbocycles. The maximum atomic E-state index is 13.3. The third-order valence-electron chi connectivity index (χ3n) is 3.86. The van der Waals surface area contributed by atoms with Gasteiger partial charge in [-0.2, -0.15) is 0 Å². The van der Waals surface area contributed by atoms with Crippen LogP contribution in [0.3, 0.4) is 0 Å². The van der Waals surface area contributed by atoms with Crippen LogP contribution in [-0.2, 0) is 4.79 Å². The summed E-state index contributed by atoms with van der Waals surface area (Å²) in [5.74, 6) is -0.591. The highest BCUT2D eigenvalue weighted by Crippen LogP contribution is 2.23. The number of piperidine rings is 1. The van der Waals surface area contributed by atoms with E-state index in [1.807, 2.05) is 6.92 Å². The Morgan fingerprint density at radius 3 is 2.68 bits per heavy atom. The van der Waals surface area contributed by atoms with E-state index in [0.717, 1.165) is 6.42 Å². The van der Waals surface area contributed by atoms with Gasteiger partial charge in [-0.05, 0) is 53.4 Å². The zero-order valence-electron chi connectivity index (χ0n) is 12.6. The van der Waals surface area contributed by atoms with Crippen molar-refractivity contribution in [3.8, 4) is 0 Å². The van der Waals surface area contributed by atoms with E-state index < -0.39 is 5.82 Å². The van der Waals surface area contributed by atoms with E-state index >= 15 is 0 Å². The van der Waals surface area contributed by atoms with Crippen LogP contribution < -0.4 is 5.32 Å². The molecule has 1 aromatic carbocycles. The molecule has 0 aliphatic carbocycles. The summed E-state index contributed by atoms with van der Waals surface area (Å²) in [4.78, 5) is 26.1. The fourth-order valence-corrected chi connectivity index (χ4v) is 2.99. The molecule has 0 unspecified atom stereocenters. The molecule has 1 aromatic rings. The van der Waals surface area contributed by atoms with Crippen LogP contribution in [-0.4, -0.2) is 36.3 Å². The van der Waals surface area contributed by atoms with Gasteiger partial charge in [-0.3, -0.25) is 9.59 Å². The van der Waals surface area contributed by atoms with E-state index in [1.54, 1.807) is 4.90 Å². The van der Waals surface area contributed by atoms with Gasteiger partial charge in [0, 0.05) is 30.0 Å². The number of likely N-dealkylation sites (tertiary alicyclic amines) is 1. The predicted molar refractivity (Wildman–Crippen MR) is 86.0 cm³/mol. The standard InChI is InChI=1S/C16H20BrFN2O2/c1-2-7-19-15(21)11-5-8-20(9-6-11)16(22)13-10-12(18)3-4-14(13)17/h3-4,10-11H,2,5-9H2,1H3,(H,19,21). The van der Waals surface area contributed by atoms with Crippen LogP contribution in [0, 0.1) is 11.7 Å². The van der Waals surface area contributed by atoms with Crippen molar-refractivity contribution in [3.63, 3.8) is 0 Å². The average Bonchev–Trinajstić information content (AvgIpc) is 2.54. The van der Waals surface area contributed by atoms with Gasteiger partial charge in [-0.15, -0.1) is 0 Å². The molecule has 0 bridgehead atoms. The molecule has 6 heteroatoms. The Kier molecular flexibility index (Phi) is 5.94. The van der Waals surface area contributed by atoms with Crippen molar-refractivity contribution in [2.75, 3.05) is 19.6 Å². The lowest BCUT2D eigenvalue weighted by molar-refractivity contribution is -0.126. The fraction of sp³-hybridized carbons (Fsp3) is 0.500. The number of nitrogens with one attached hydrogen (secondary N) is 1. The minimum absolute atomic E-state index is 0.0356. The number of halogens is 2. The maximum absolute atomic E-state index is 13.3. The monoisotopic (exact) mass is 370 g/mol. The maximum Gasteiger partial charge on any atom is 0.255 e. The number of carbonyl (C=O) groups excluding carboxylic acids is 2. The molecule has 1 N–H and O–H groups in total. The van der Waals surface area contributed by atoms with Gasteiger partial charge >= 0.3 is 0 Å². The molecule has 2 amide bonds. The highest BCUT2D eigenvalue weighted by molar-refractivity contribution is 9.10. The number of nitrogens with zero attached hydrogens (tertiary/aromatic N) is 1. The second-order valence-corrected chi connectivity index (χ2v) is 6.34. The summed E-state index contributed by atoms with van der Waals surface area (Å²) in [6, 6.07) is 4.09. The molecule has 1 fully saturated rings. The number of amides is 2. The molecule has 2 rings (SSSR count). The first-order valence-electron chi connectivity index (χ1n) is 7.55. The number of carbonyl (C=O) groups is 2. The van der Waals surface area contributed by atoms with Crippen LogP contribution in [0.1, 0.15) is 36.5 Å². The zero-order valence-corrected chi connectivity index (χ0v) is 14.2. The van der Waals surface area contributed by atoms with Crippen molar-refractivity contribution < 1.29 is 14.0 Å². The van der Waals surface area contributed by atoms with Gasteiger partial charge in [0.05, 0.1) is 5.56 Å². The Balaban J connectivity index is 1.95. The third kappa shape index (κ3) is 4.06. The summed E-state index contributed by atoms with van der Waals surface area (Å²) >= 11 is 3.28. The van der Waals surface area contributed by atoms with Crippen LogP contribution in [0.15, 0.2) is 22.7 Å². The Morgan fingerprint density at radius 1 is 1.36 bits per heavy atom. The highest BCUT2D eigenvalue weighted by atomic mass is 79.9. The van der Waals surface area contributed by atoms with Crippen molar-refractivity contribution in [2.24, 2.45) is 5.92 Å². The van der Waals surface area contributed by atoms with E-state index in [0.29, 0.717) is 42.5 Å². The molecular formula is C16H20BrFN2O2. The number of hydrogen-bond donors (Lipinski definition) is 1. The molecule has 1 saturated heterocycles. The lowest BCUT2D eigenvalue weighted by atomic mass is 9.95. The zero-order chi connectivity index (χ0) is 16.1. The number of rotatable bonds is 4. The van der Waals surface area contributed by atoms with Crippen LogP contribution in [0.5, 0.6) is 0 Å². The second-order valence-electron chi connectivity index (χ2n) is 5.48. The summed E-state index contributed by atoms with van der Waals surface area (Å²) in [6.45, 7) is 3.74. The third-order valence-corrected chi connectivity index (χ3v) is 4.55. The lowest BCUT2D eigenvalue weighted by Crippen LogP contribution is -2.43. The number of hydrogen-bond acceptors (Lipinski definition) is 2. The topological polar surface area (TPSA) is 49.4 Å². The first kappa shape index (κ1) is 16.9. The summed E-state index contributed by atoms with van der Waals surface area (Å²) in [5, 5.41) is 2.89. The Morgan fingerprint density at radius 2 is 2.05 bits per heavy atom. The minimum atomic E-state index is -0.430. The Labute approximate surface area is 138 Å². The summed E-state index contributed by atoms with van der Waals surface area (Å²) in [5.41, 5.74) is 0.328. The highest BCUT2D eigenvalue weighted by Gasteiger charge is 2.28. The normalized spacial score (nSPS) is 15.7. The van der Waals surface area contributed by atoms with E-state index in [9.17, 15) is 14.0 Å². The first-order valence-corrected chi connectivity index (χ1v) is 8.34. The van der Waals surface area contributed by atoms with Gasteiger partial charge in [0.25, 0.3) is 5.91 Å². The molecule has 4 nitrogen and oxygen atoms in total. The van der Waals surface area contributed by atoms with Crippen molar-refractivity contribution >= 4 is 27.7 Å². The molecule has 120 valence electrons. The van der Waals surface area contributed by atoms with Gasteiger partial charge < -0.3 is 10.2 Å². The van der Waals surface area contributed by atoms with Crippen LogP contribution in [0.4, 0.5) is 4.39 Å². The van der Waals surface area contributed by atoms with Gasteiger partial charge in [0.1, 0.15) is 5.82 Å². The molecule has 1 aliphatic rings. The van der Waals surface area contributed by atoms with Gasteiger partial charge in [0.15, 0.2) is 0 Å².